The average Bonchev–Trinajstić information content (AvgIpc) is 2.26. The molecule has 0 aliphatic carbocycles. The van der Waals surface area contributed by atoms with E-state index in [0.717, 1.165) is 11.1 Å². The van der Waals surface area contributed by atoms with Crippen LogP contribution in [0, 0.1) is 0 Å². The van der Waals surface area contributed by atoms with Crippen LogP contribution in [0.2, 0.25) is 0 Å². The molecule has 0 heterocycles. The van der Waals surface area contributed by atoms with Crippen LogP contribution in [0.1, 0.15) is 44.9 Å². The zero-order chi connectivity index (χ0) is 13.8. The normalized spacial score (nSPS) is 12.9. The molecular weight excluding hydrogens is 250 g/mol. The van der Waals surface area contributed by atoms with E-state index >= 15 is 0 Å². The lowest BCUT2D eigenvalue weighted by molar-refractivity contribution is 0.0508. The number of hydrogen-bond donors (Lipinski definition) is 1. The van der Waals surface area contributed by atoms with Gasteiger partial charge in [-0.25, -0.2) is 4.79 Å². The highest BCUT2D eigenvalue weighted by atomic mass is 35.5. The molecule has 1 aromatic carbocycles. The highest BCUT2D eigenvalue weighted by Gasteiger charge is 2.18. The molecule has 3 nitrogen and oxygen atoms in total. The summed E-state index contributed by atoms with van der Waals surface area (Å²) in [6.07, 6.45) is -0.411. The molecule has 100 valence electrons. The van der Waals surface area contributed by atoms with Crippen LogP contribution in [0.5, 0.6) is 0 Å². The lowest BCUT2D eigenvalue weighted by Gasteiger charge is -2.22. The molecule has 0 aliphatic rings. The Morgan fingerprint density at radius 1 is 1.44 bits per heavy atom. The molecule has 0 radical (unpaired) electrons. The van der Waals surface area contributed by atoms with Crippen molar-refractivity contribution in [1.82, 2.24) is 5.32 Å². The standard InChI is InChI=1S/C14H20ClNO2/c1-10(16-13(17)18-14(2,3)4)12-7-5-6-11(8-12)9-15/h5-8,10H,9H2,1-4H3,(H,16,17). The fraction of sp³-hybridized carbons (Fsp3) is 0.500. The lowest BCUT2D eigenvalue weighted by atomic mass is 10.1. The SMILES string of the molecule is CC(NC(=O)OC(C)(C)C)c1cccc(CCl)c1. The molecular formula is C14H20ClNO2. The van der Waals surface area contributed by atoms with Gasteiger partial charge < -0.3 is 10.1 Å². The summed E-state index contributed by atoms with van der Waals surface area (Å²) in [6.45, 7) is 7.43. The number of hydrogen-bond acceptors (Lipinski definition) is 2. The van der Waals surface area contributed by atoms with E-state index in [1.54, 1.807) is 0 Å². The lowest BCUT2D eigenvalue weighted by Crippen LogP contribution is -2.34. The van der Waals surface area contributed by atoms with Gasteiger partial charge >= 0.3 is 6.09 Å². The third-order valence-corrected chi connectivity index (χ3v) is 2.65. The number of carbonyl (C=O) groups is 1. The van der Waals surface area contributed by atoms with Crippen molar-refractivity contribution in [2.75, 3.05) is 0 Å². The maximum absolute atomic E-state index is 11.6. The Morgan fingerprint density at radius 2 is 2.11 bits per heavy atom. The third kappa shape index (κ3) is 4.96. The van der Waals surface area contributed by atoms with E-state index in [1.165, 1.54) is 0 Å². The Bertz CT molecular complexity index is 413. The number of alkyl halides is 1. The fourth-order valence-corrected chi connectivity index (χ4v) is 1.68. The maximum Gasteiger partial charge on any atom is 0.408 e. The molecule has 0 spiro atoms. The van der Waals surface area contributed by atoms with Crippen LogP contribution in [-0.2, 0) is 10.6 Å². The van der Waals surface area contributed by atoms with E-state index in [4.69, 9.17) is 16.3 Å². The van der Waals surface area contributed by atoms with Crippen molar-refractivity contribution in [3.05, 3.63) is 35.4 Å². The first-order valence-electron chi connectivity index (χ1n) is 5.96. The number of alkyl carbamates (subject to hydrolysis) is 1. The summed E-state index contributed by atoms with van der Waals surface area (Å²) in [6, 6.07) is 7.72. The number of carbonyl (C=O) groups excluding carboxylic acids is 1. The molecule has 1 unspecified atom stereocenters. The van der Waals surface area contributed by atoms with E-state index in [1.807, 2.05) is 52.0 Å². The minimum absolute atomic E-state index is 0.108. The van der Waals surface area contributed by atoms with Crippen molar-refractivity contribution in [3.63, 3.8) is 0 Å². The fourth-order valence-electron chi connectivity index (χ4n) is 1.51. The molecule has 0 aliphatic heterocycles. The monoisotopic (exact) mass is 269 g/mol. The molecule has 1 atom stereocenters. The first kappa shape index (κ1) is 14.8. The molecule has 1 N–H and O–H groups in total. The van der Waals surface area contributed by atoms with Crippen molar-refractivity contribution in [3.8, 4) is 0 Å². The summed E-state index contributed by atoms with van der Waals surface area (Å²) in [5.74, 6) is 0.465. The maximum atomic E-state index is 11.6. The highest BCUT2D eigenvalue weighted by Crippen LogP contribution is 2.16. The Labute approximate surface area is 113 Å². The second kappa shape index (κ2) is 6.10. The summed E-state index contributed by atoms with van der Waals surface area (Å²) in [5.41, 5.74) is 1.56. The number of halogens is 1. The summed E-state index contributed by atoms with van der Waals surface area (Å²) < 4.78 is 5.21. The summed E-state index contributed by atoms with van der Waals surface area (Å²) in [7, 11) is 0. The van der Waals surface area contributed by atoms with Gasteiger partial charge in [0.2, 0.25) is 0 Å². The van der Waals surface area contributed by atoms with Crippen LogP contribution >= 0.6 is 11.6 Å². The van der Waals surface area contributed by atoms with Crippen molar-refractivity contribution in [2.24, 2.45) is 0 Å². The zero-order valence-corrected chi connectivity index (χ0v) is 12.0. The van der Waals surface area contributed by atoms with Gasteiger partial charge in [0.15, 0.2) is 0 Å². The first-order valence-corrected chi connectivity index (χ1v) is 6.49. The molecule has 1 amide bonds. The number of benzene rings is 1. The predicted molar refractivity (Wildman–Crippen MR) is 73.8 cm³/mol. The van der Waals surface area contributed by atoms with Crippen LogP contribution in [0.15, 0.2) is 24.3 Å². The van der Waals surface area contributed by atoms with Gasteiger partial charge in [-0.3, -0.25) is 0 Å². The minimum atomic E-state index is -0.484. The largest absolute Gasteiger partial charge is 0.444 e. The highest BCUT2D eigenvalue weighted by molar-refractivity contribution is 6.17. The van der Waals surface area contributed by atoms with Crippen molar-refractivity contribution >= 4 is 17.7 Å². The smallest absolute Gasteiger partial charge is 0.408 e. The quantitative estimate of drug-likeness (QED) is 0.842. The molecule has 4 heteroatoms. The van der Waals surface area contributed by atoms with Crippen molar-refractivity contribution < 1.29 is 9.53 Å². The minimum Gasteiger partial charge on any atom is -0.444 e. The number of amides is 1. The van der Waals surface area contributed by atoms with Gasteiger partial charge in [0, 0.05) is 5.88 Å². The van der Waals surface area contributed by atoms with E-state index in [-0.39, 0.29) is 6.04 Å². The zero-order valence-electron chi connectivity index (χ0n) is 11.3. The molecule has 0 aromatic heterocycles. The summed E-state index contributed by atoms with van der Waals surface area (Å²) >= 11 is 5.78. The molecule has 1 rings (SSSR count). The molecule has 0 bridgehead atoms. The number of ether oxygens (including phenoxy) is 1. The molecule has 0 fully saturated rings. The molecule has 0 saturated carbocycles. The Kier molecular flexibility index (Phi) is 5.03. The Hall–Kier alpha value is -1.22. The van der Waals surface area contributed by atoms with Gasteiger partial charge in [0.25, 0.3) is 0 Å². The van der Waals surface area contributed by atoms with E-state index < -0.39 is 11.7 Å². The first-order chi connectivity index (χ1) is 8.31. The van der Waals surface area contributed by atoms with E-state index in [0.29, 0.717) is 5.88 Å². The topological polar surface area (TPSA) is 38.3 Å². The second-order valence-corrected chi connectivity index (χ2v) is 5.51. The summed E-state index contributed by atoms with van der Waals surface area (Å²) in [4.78, 5) is 11.6. The molecule has 0 saturated heterocycles. The second-order valence-electron chi connectivity index (χ2n) is 5.25. The van der Waals surface area contributed by atoms with Crippen molar-refractivity contribution in [1.29, 1.82) is 0 Å². The van der Waals surface area contributed by atoms with Gasteiger partial charge in [0.05, 0.1) is 6.04 Å². The molecule has 18 heavy (non-hydrogen) atoms. The van der Waals surface area contributed by atoms with Crippen molar-refractivity contribution in [2.45, 2.75) is 45.2 Å². The van der Waals surface area contributed by atoms with Gasteiger partial charge in [-0.05, 0) is 38.8 Å². The third-order valence-electron chi connectivity index (χ3n) is 2.34. The number of nitrogens with one attached hydrogen (secondary N) is 1. The molecule has 1 aromatic rings. The van der Waals surface area contributed by atoms with Gasteiger partial charge in [-0.2, -0.15) is 0 Å². The van der Waals surface area contributed by atoms with Gasteiger partial charge in [-0.15, -0.1) is 11.6 Å². The predicted octanol–water partition coefficient (Wildman–Crippen LogP) is 4.01. The summed E-state index contributed by atoms with van der Waals surface area (Å²) in [5, 5.41) is 2.80. The van der Waals surface area contributed by atoms with E-state index in [2.05, 4.69) is 5.32 Å². The number of rotatable bonds is 3. The van der Waals surface area contributed by atoms with Crippen LogP contribution in [0.3, 0.4) is 0 Å². The Balaban J connectivity index is 2.64. The van der Waals surface area contributed by atoms with Crippen LogP contribution in [-0.4, -0.2) is 11.7 Å². The van der Waals surface area contributed by atoms with Crippen LogP contribution in [0.25, 0.3) is 0 Å². The van der Waals surface area contributed by atoms with Gasteiger partial charge in [-0.1, -0.05) is 24.3 Å². The average molecular weight is 270 g/mol. The Morgan fingerprint density at radius 3 is 2.67 bits per heavy atom. The van der Waals surface area contributed by atoms with Gasteiger partial charge in [0.1, 0.15) is 5.60 Å². The van der Waals surface area contributed by atoms with E-state index in [9.17, 15) is 4.79 Å². The van der Waals surface area contributed by atoms with Crippen LogP contribution in [0.4, 0.5) is 4.79 Å². The van der Waals surface area contributed by atoms with Crippen LogP contribution < -0.4 is 5.32 Å².